The number of rotatable bonds is 4. The second kappa shape index (κ2) is 5.43. The van der Waals surface area contributed by atoms with Crippen molar-refractivity contribution >= 4 is 11.7 Å². The first-order valence-electron chi connectivity index (χ1n) is 5.77. The van der Waals surface area contributed by atoms with Crippen LogP contribution in [0.5, 0.6) is 11.8 Å². The Hall–Kier alpha value is -2.50. The molecule has 19 heavy (non-hydrogen) atoms. The Balaban J connectivity index is 2.16. The number of carbonyl (C=O) groups excluding carboxylic acids is 1. The zero-order valence-corrected chi connectivity index (χ0v) is 10.7. The van der Waals surface area contributed by atoms with Gasteiger partial charge in [0.2, 0.25) is 0 Å². The van der Waals surface area contributed by atoms with Gasteiger partial charge in [-0.15, -0.1) is 0 Å². The summed E-state index contributed by atoms with van der Waals surface area (Å²) in [6, 6.07) is 5.26. The molecule has 0 radical (unpaired) electrons. The summed E-state index contributed by atoms with van der Waals surface area (Å²) in [4.78, 5) is 15.3. The smallest absolute Gasteiger partial charge is 0.399 e. The fourth-order valence-corrected chi connectivity index (χ4v) is 1.44. The first kappa shape index (κ1) is 12.9. The fourth-order valence-electron chi connectivity index (χ4n) is 1.44. The van der Waals surface area contributed by atoms with E-state index < -0.39 is 5.97 Å². The topological polar surface area (TPSA) is 87.6 Å². The molecule has 1 aromatic carbocycles. The first-order valence-corrected chi connectivity index (χ1v) is 5.77. The normalized spacial score (nSPS) is 10.2. The summed E-state index contributed by atoms with van der Waals surface area (Å²) in [5.41, 5.74) is 7.21. The van der Waals surface area contributed by atoms with E-state index in [1.54, 1.807) is 25.1 Å². The van der Waals surface area contributed by atoms with Crippen LogP contribution in [-0.2, 0) is 4.74 Å². The minimum absolute atomic E-state index is 0.0308. The maximum atomic E-state index is 11.4. The standard InChI is InChI=1S/C13H14N2O4/c1-3-17-12(16)10-7-18-13(15-10)19-11-6-4-5-9(14)8(11)2/h4-7H,3,14H2,1-2H3. The molecule has 0 amide bonds. The Morgan fingerprint density at radius 1 is 1.47 bits per heavy atom. The molecule has 0 saturated heterocycles. The van der Waals surface area contributed by atoms with E-state index in [2.05, 4.69) is 4.98 Å². The summed E-state index contributed by atoms with van der Waals surface area (Å²) in [5.74, 6) is -0.0253. The van der Waals surface area contributed by atoms with Crippen LogP contribution >= 0.6 is 0 Å². The number of anilines is 1. The van der Waals surface area contributed by atoms with Crippen LogP contribution in [0.25, 0.3) is 0 Å². The SMILES string of the molecule is CCOC(=O)c1coc(Oc2cccc(N)c2C)n1. The molecule has 2 N–H and O–H groups in total. The Morgan fingerprint density at radius 2 is 2.26 bits per heavy atom. The molecule has 0 unspecified atom stereocenters. The van der Waals surface area contributed by atoms with E-state index in [1.807, 2.05) is 6.92 Å². The van der Waals surface area contributed by atoms with Gasteiger partial charge in [-0.25, -0.2) is 4.79 Å². The third kappa shape index (κ3) is 2.85. The predicted molar refractivity (Wildman–Crippen MR) is 68.1 cm³/mol. The molecule has 0 aliphatic carbocycles. The van der Waals surface area contributed by atoms with Crippen LogP contribution in [0, 0.1) is 6.92 Å². The number of hydrogen-bond donors (Lipinski definition) is 1. The second-order valence-electron chi connectivity index (χ2n) is 3.79. The molecule has 1 heterocycles. The van der Waals surface area contributed by atoms with Crippen LogP contribution in [0.4, 0.5) is 5.69 Å². The average Bonchev–Trinajstić information content (AvgIpc) is 2.84. The van der Waals surface area contributed by atoms with Crippen LogP contribution < -0.4 is 10.5 Å². The first-order chi connectivity index (χ1) is 9.11. The minimum Gasteiger partial charge on any atom is -0.461 e. The van der Waals surface area contributed by atoms with Crippen molar-refractivity contribution in [2.24, 2.45) is 0 Å². The van der Waals surface area contributed by atoms with Gasteiger partial charge in [0, 0.05) is 11.3 Å². The number of nitrogens with two attached hydrogens (primary N) is 1. The number of benzene rings is 1. The number of oxazole rings is 1. The van der Waals surface area contributed by atoms with Gasteiger partial charge in [0.15, 0.2) is 5.69 Å². The molecule has 0 fully saturated rings. The molecule has 1 aromatic heterocycles. The Kier molecular flexibility index (Phi) is 3.70. The van der Waals surface area contributed by atoms with Crippen molar-refractivity contribution in [2.45, 2.75) is 13.8 Å². The monoisotopic (exact) mass is 262 g/mol. The quantitative estimate of drug-likeness (QED) is 0.673. The highest BCUT2D eigenvalue weighted by molar-refractivity contribution is 5.86. The van der Waals surface area contributed by atoms with Crippen molar-refractivity contribution in [1.82, 2.24) is 4.98 Å². The summed E-state index contributed by atoms with van der Waals surface area (Å²) < 4.78 is 15.3. The molecule has 0 aliphatic rings. The molecular weight excluding hydrogens is 248 g/mol. The Labute approximate surface area is 110 Å². The van der Waals surface area contributed by atoms with Crippen molar-refractivity contribution in [3.8, 4) is 11.8 Å². The lowest BCUT2D eigenvalue weighted by atomic mass is 10.2. The van der Waals surface area contributed by atoms with Crippen molar-refractivity contribution in [2.75, 3.05) is 12.3 Å². The number of nitrogens with zero attached hydrogens (tertiary/aromatic N) is 1. The molecule has 6 nitrogen and oxygen atoms in total. The van der Waals surface area contributed by atoms with Gasteiger partial charge >= 0.3 is 12.0 Å². The number of ether oxygens (including phenoxy) is 2. The maximum absolute atomic E-state index is 11.4. The van der Waals surface area contributed by atoms with E-state index >= 15 is 0 Å². The highest BCUT2D eigenvalue weighted by Gasteiger charge is 2.15. The largest absolute Gasteiger partial charge is 0.461 e. The lowest BCUT2D eigenvalue weighted by Gasteiger charge is -2.06. The molecular formula is C13H14N2O4. The zero-order chi connectivity index (χ0) is 13.8. The third-order valence-electron chi connectivity index (χ3n) is 2.49. The second-order valence-corrected chi connectivity index (χ2v) is 3.79. The van der Waals surface area contributed by atoms with Crippen LogP contribution in [-0.4, -0.2) is 17.6 Å². The number of nitrogen functional groups attached to an aromatic ring is 1. The van der Waals surface area contributed by atoms with Gasteiger partial charge < -0.3 is 19.6 Å². The van der Waals surface area contributed by atoms with E-state index in [0.717, 1.165) is 5.56 Å². The third-order valence-corrected chi connectivity index (χ3v) is 2.49. The van der Waals surface area contributed by atoms with Gasteiger partial charge in [-0.2, -0.15) is 4.98 Å². The molecule has 0 aliphatic heterocycles. The minimum atomic E-state index is -0.551. The van der Waals surface area contributed by atoms with Crippen molar-refractivity contribution in [3.63, 3.8) is 0 Å². The summed E-state index contributed by atoms with van der Waals surface area (Å²) in [6.45, 7) is 3.81. The zero-order valence-electron chi connectivity index (χ0n) is 10.7. The molecule has 6 heteroatoms. The Bertz CT molecular complexity index is 592. The van der Waals surface area contributed by atoms with Gasteiger partial charge in [-0.1, -0.05) is 6.07 Å². The molecule has 100 valence electrons. The molecule has 2 rings (SSSR count). The Morgan fingerprint density at radius 3 is 3.00 bits per heavy atom. The lowest BCUT2D eigenvalue weighted by Crippen LogP contribution is -2.04. The van der Waals surface area contributed by atoms with Gasteiger partial charge in [-0.3, -0.25) is 0 Å². The molecule has 0 atom stereocenters. The van der Waals surface area contributed by atoms with Crippen LogP contribution in [0.15, 0.2) is 28.9 Å². The van der Waals surface area contributed by atoms with E-state index in [0.29, 0.717) is 11.4 Å². The highest BCUT2D eigenvalue weighted by atomic mass is 16.6. The number of hydrogen-bond acceptors (Lipinski definition) is 6. The van der Waals surface area contributed by atoms with Crippen molar-refractivity contribution in [3.05, 3.63) is 35.7 Å². The van der Waals surface area contributed by atoms with Crippen LogP contribution in [0.3, 0.4) is 0 Å². The van der Waals surface area contributed by atoms with Gasteiger partial charge in [0.1, 0.15) is 12.0 Å². The number of aromatic nitrogens is 1. The maximum Gasteiger partial charge on any atom is 0.399 e. The van der Waals surface area contributed by atoms with E-state index in [9.17, 15) is 4.79 Å². The van der Waals surface area contributed by atoms with Crippen molar-refractivity contribution in [1.29, 1.82) is 0 Å². The number of esters is 1. The predicted octanol–water partition coefficient (Wildman–Crippen LogP) is 2.53. The summed E-state index contributed by atoms with van der Waals surface area (Å²) in [6.07, 6.45) is 1.16. The van der Waals surface area contributed by atoms with Crippen LogP contribution in [0.1, 0.15) is 23.0 Å². The van der Waals surface area contributed by atoms with E-state index in [4.69, 9.17) is 19.6 Å². The lowest BCUT2D eigenvalue weighted by molar-refractivity contribution is 0.0519. The molecule has 0 bridgehead atoms. The fraction of sp³-hybridized carbons (Fsp3) is 0.231. The van der Waals surface area contributed by atoms with Gasteiger partial charge in [0.25, 0.3) is 0 Å². The number of carbonyl (C=O) groups is 1. The summed E-state index contributed by atoms with van der Waals surface area (Å²) in [7, 11) is 0. The molecule has 0 spiro atoms. The van der Waals surface area contributed by atoms with E-state index in [1.165, 1.54) is 6.26 Å². The van der Waals surface area contributed by atoms with Gasteiger partial charge in [-0.05, 0) is 26.0 Å². The van der Waals surface area contributed by atoms with E-state index in [-0.39, 0.29) is 18.4 Å². The van der Waals surface area contributed by atoms with Gasteiger partial charge in [0.05, 0.1) is 6.61 Å². The summed E-state index contributed by atoms with van der Waals surface area (Å²) >= 11 is 0. The molecule has 0 saturated carbocycles. The van der Waals surface area contributed by atoms with Crippen molar-refractivity contribution < 1.29 is 18.7 Å². The molecule has 2 aromatic rings. The van der Waals surface area contributed by atoms with Crippen LogP contribution in [0.2, 0.25) is 0 Å². The summed E-state index contributed by atoms with van der Waals surface area (Å²) in [5, 5.41) is 0. The highest BCUT2D eigenvalue weighted by Crippen LogP contribution is 2.27. The average molecular weight is 262 g/mol.